The number of hydrogen-bond donors (Lipinski definition) is 1. The summed E-state index contributed by atoms with van der Waals surface area (Å²) in [5, 5.41) is 2.65. The standard InChI is InChI=1S/C19H21FN2O4S/c1-4-12-26-18-10-8-16(9-11-18)21-19(23)14(2)22(27(3,24)25)17-7-5-6-15(20)13-17/h4-11,13-14H,1,12H2,2-3H3,(H,21,23). The Hall–Kier alpha value is -2.87. The lowest BCUT2D eigenvalue weighted by Gasteiger charge is -2.28. The summed E-state index contributed by atoms with van der Waals surface area (Å²) < 4.78 is 44.1. The van der Waals surface area contributed by atoms with Crippen molar-refractivity contribution < 1.29 is 22.3 Å². The third-order valence-electron chi connectivity index (χ3n) is 3.64. The van der Waals surface area contributed by atoms with E-state index in [4.69, 9.17) is 4.74 Å². The first-order valence-corrected chi connectivity index (χ1v) is 9.97. The summed E-state index contributed by atoms with van der Waals surface area (Å²) in [6.07, 6.45) is 2.58. The fourth-order valence-electron chi connectivity index (χ4n) is 2.46. The molecule has 2 rings (SSSR count). The van der Waals surface area contributed by atoms with Gasteiger partial charge in [-0.25, -0.2) is 12.8 Å². The average molecular weight is 392 g/mol. The lowest BCUT2D eigenvalue weighted by molar-refractivity contribution is -0.116. The van der Waals surface area contributed by atoms with Gasteiger partial charge in [0.15, 0.2) is 0 Å². The van der Waals surface area contributed by atoms with E-state index < -0.39 is 27.8 Å². The minimum atomic E-state index is -3.81. The largest absolute Gasteiger partial charge is 0.490 e. The predicted molar refractivity (Wildman–Crippen MR) is 104 cm³/mol. The van der Waals surface area contributed by atoms with E-state index in [9.17, 15) is 17.6 Å². The Balaban J connectivity index is 2.19. The van der Waals surface area contributed by atoms with E-state index in [1.165, 1.54) is 25.1 Å². The number of sulfonamides is 1. The summed E-state index contributed by atoms with van der Waals surface area (Å²) >= 11 is 0. The number of benzene rings is 2. The number of carbonyl (C=O) groups excluding carboxylic acids is 1. The molecule has 0 saturated heterocycles. The van der Waals surface area contributed by atoms with Gasteiger partial charge >= 0.3 is 0 Å². The van der Waals surface area contributed by atoms with Gasteiger partial charge < -0.3 is 10.1 Å². The van der Waals surface area contributed by atoms with E-state index in [0.29, 0.717) is 18.0 Å². The fraction of sp³-hybridized carbons (Fsp3) is 0.211. The first-order valence-electron chi connectivity index (χ1n) is 8.12. The molecule has 1 N–H and O–H groups in total. The third-order valence-corrected chi connectivity index (χ3v) is 4.88. The molecule has 0 aliphatic heterocycles. The molecule has 0 aliphatic rings. The SMILES string of the molecule is C=CCOc1ccc(NC(=O)C(C)N(c2cccc(F)c2)S(C)(=O)=O)cc1. The molecule has 2 aromatic rings. The zero-order chi connectivity index (χ0) is 20.0. The van der Waals surface area contributed by atoms with Crippen LogP contribution in [0.15, 0.2) is 61.2 Å². The molecule has 1 amide bonds. The first-order chi connectivity index (χ1) is 12.7. The molecule has 8 heteroatoms. The van der Waals surface area contributed by atoms with Crippen molar-refractivity contribution in [2.75, 3.05) is 22.5 Å². The quantitative estimate of drug-likeness (QED) is 0.700. The highest BCUT2D eigenvalue weighted by Crippen LogP contribution is 2.23. The maximum Gasteiger partial charge on any atom is 0.247 e. The van der Waals surface area contributed by atoms with Crippen LogP contribution in [-0.4, -0.2) is 33.2 Å². The van der Waals surface area contributed by atoms with Crippen molar-refractivity contribution in [3.8, 4) is 5.75 Å². The van der Waals surface area contributed by atoms with Gasteiger partial charge in [-0.2, -0.15) is 0 Å². The number of carbonyl (C=O) groups is 1. The van der Waals surface area contributed by atoms with Crippen LogP contribution in [0.25, 0.3) is 0 Å². The second-order valence-corrected chi connectivity index (χ2v) is 7.69. The van der Waals surface area contributed by atoms with Crippen molar-refractivity contribution in [3.05, 3.63) is 67.0 Å². The van der Waals surface area contributed by atoms with Gasteiger partial charge in [0, 0.05) is 5.69 Å². The molecule has 0 heterocycles. The lowest BCUT2D eigenvalue weighted by Crippen LogP contribution is -2.45. The second kappa shape index (κ2) is 8.68. The molecule has 144 valence electrons. The van der Waals surface area contributed by atoms with E-state index >= 15 is 0 Å². The van der Waals surface area contributed by atoms with Crippen LogP contribution in [0, 0.1) is 5.82 Å². The van der Waals surface area contributed by atoms with Crippen LogP contribution in [0.1, 0.15) is 6.92 Å². The van der Waals surface area contributed by atoms with Gasteiger partial charge in [-0.15, -0.1) is 0 Å². The number of rotatable bonds is 8. The molecule has 0 bridgehead atoms. The maximum atomic E-state index is 13.5. The van der Waals surface area contributed by atoms with Crippen LogP contribution < -0.4 is 14.4 Å². The Morgan fingerprint density at radius 3 is 2.52 bits per heavy atom. The van der Waals surface area contributed by atoms with E-state index in [-0.39, 0.29) is 5.69 Å². The van der Waals surface area contributed by atoms with E-state index in [1.807, 2.05) is 0 Å². The van der Waals surface area contributed by atoms with Gasteiger partial charge in [0.2, 0.25) is 15.9 Å². The van der Waals surface area contributed by atoms with Crippen molar-refractivity contribution in [2.24, 2.45) is 0 Å². The molecule has 0 radical (unpaired) electrons. The van der Waals surface area contributed by atoms with Gasteiger partial charge in [-0.3, -0.25) is 9.10 Å². The van der Waals surface area contributed by atoms with Gasteiger partial charge in [0.25, 0.3) is 0 Å². The Bertz CT molecular complexity index is 914. The molecular weight excluding hydrogens is 371 g/mol. The van der Waals surface area contributed by atoms with Crippen LogP contribution in [0.2, 0.25) is 0 Å². The highest BCUT2D eigenvalue weighted by atomic mass is 32.2. The number of ether oxygens (including phenoxy) is 1. The van der Waals surface area contributed by atoms with Gasteiger partial charge in [-0.05, 0) is 49.4 Å². The van der Waals surface area contributed by atoms with E-state index in [1.54, 1.807) is 30.3 Å². The number of amides is 1. The molecule has 2 aromatic carbocycles. The van der Waals surface area contributed by atoms with Crippen LogP contribution in [-0.2, 0) is 14.8 Å². The summed E-state index contributed by atoms with van der Waals surface area (Å²) in [6, 6.07) is 10.6. The minimum Gasteiger partial charge on any atom is -0.490 e. The van der Waals surface area contributed by atoms with Gasteiger partial charge in [-0.1, -0.05) is 18.7 Å². The number of halogens is 1. The van der Waals surface area contributed by atoms with Crippen LogP contribution in [0.4, 0.5) is 15.8 Å². The Labute approximate surface area is 158 Å². The van der Waals surface area contributed by atoms with Crippen molar-refractivity contribution in [1.82, 2.24) is 0 Å². The molecule has 1 unspecified atom stereocenters. The molecule has 0 saturated carbocycles. The second-order valence-electron chi connectivity index (χ2n) is 5.83. The highest BCUT2D eigenvalue weighted by molar-refractivity contribution is 7.92. The minimum absolute atomic E-state index is 0.0772. The summed E-state index contributed by atoms with van der Waals surface area (Å²) in [7, 11) is -3.81. The lowest BCUT2D eigenvalue weighted by atomic mass is 10.2. The number of hydrogen-bond acceptors (Lipinski definition) is 4. The van der Waals surface area contributed by atoms with E-state index in [0.717, 1.165) is 16.6 Å². The van der Waals surface area contributed by atoms with Crippen molar-refractivity contribution in [2.45, 2.75) is 13.0 Å². The monoisotopic (exact) mass is 392 g/mol. The molecular formula is C19H21FN2O4S. The number of nitrogens with zero attached hydrogens (tertiary/aromatic N) is 1. The molecule has 27 heavy (non-hydrogen) atoms. The zero-order valence-corrected chi connectivity index (χ0v) is 15.9. The first kappa shape index (κ1) is 20.4. The predicted octanol–water partition coefficient (Wildman–Crippen LogP) is 3.18. The Morgan fingerprint density at radius 1 is 1.30 bits per heavy atom. The Kier molecular flexibility index (Phi) is 6.57. The molecule has 0 aliphatic carbocycles. The molecule has 6 nitrogen and oxygen atoms in total. The summed E-state index contributed by atoms with van der Waals surface area (Å²) in [5.74, 6) is -0.535. The van der Waals surface area contributed by atoms with Crippen molar-refractivity contribution in [1.29, 1.82) is 0 Å². The highest BCUT2D eigenvalue weighted by Gasteiger charge is 2.29. The summed E-state index contributed by atoms with van der Waals surface area (Å²) in [4.78, 5) is 12.6. The van der Waals surface area contributed by atoms with Crippen LogP contribution in [0.5, 0.6) is 5.75 Å². The summed E-state index contributed by atoms with van der Waals surface area (Å²) in [5.41, 5.74) is 0.554. The smallest absolute Gasteiger partial charge is 0.247 e. The van der Waals surface area contributed by atoms with Crippen molar-refractivity contribution in [3.63, 3.8) is 0 Å². The average Bonchev–Trinajstić information content (AvgIpc) is 2.60. The van der Waals surface area contributed by atoms with Crippen LogP contribution in [0.3, 0.4) is 0 Å². The van der Waals surface area contributed by atoms with Gasteiger partial charge in [0.05, 0.1) is 11.9 Å². The molecule has 1 atom stereocenters. The normalized spacial score (nSPS) is 12.1. The maximum absolute atomic E-state index is 13.5. The zero-order valence-electron chi connectivity index (χ0n) is 15.1. The summed E-state index contributed by atoms with van der Waals surface area (Å²) in [6.45, 7) is 5.35. The van der Waals surface area contributed by atoms with Crippen LogP contribution >= 0.6 is 0 Å². The van der Waals surface area contributed by atoms with Gasteiger partial charge in [0.1, 0.15) is 24.2 Å². The Morgan fingerprint density at radius 2 is 1.96 bits per heavy atom. The number of nitrogens with one attached hydrogen (secondary N) is 1. The van der Waals surface area contributed by atoms with E-state index in [2.05, 4.69) is 11.9 Å². The topological polar surface area (TPSA) is 75.7 Å². The molecule has 0 aromatic heterocycles. The van der Waals surface area contributed by atoms with Crippen molar-refractivity contribution >= 4 is 27.3 Å². The molecule has 0 spiro atoms. The fourth-order valence-corrected chi connectivity index (χ4v) is 3.63. The molecule has 0 fully saturated rings. The third kappa shape index (κ3) is 5.55. The number of anilines is 2.